The molecule has 0 unspecified atom stereocenters. The van der Waals surface area contributed by atoms with Crippen LogP contribution in [0, 0.1) is 0 Å². The van der Waals surface area contributed by atoms with Crippen molar-refractivity contribution in [3.05, 3.63) is 59.6 Å². The van der Waals surface area contributed by atoms with Gasteiger partial charge in [0.1, 0.15) is 15.9 Å². The summed E-state index contributed by atoms with van der Waals surface area (Å²) in [5.41, 5.74) is 2.65. The maximum atomic E-state index is 12.6. The number of benzene rings is 1. The Balaban J connectivity index is 1.59. The third kappa shape index (κ3) is 3.31. The summed E-state index contributed by atoms with van der Waals surface area (Å²) in [5.74, 6) is 0. The molecule has 1 aromatic carbocycles. The Morgan fingerprint density at radius 1 is 1.08 bits per heavy atom. The van der Waals surface area contributed by atoms with Crippen LogP contribution in [0.5, 0.6) is 0 Å². The predicted octanol–water partition coefficient (Wildman–Crippen LogP) is 3.29. The molecule has 0 saturated carbocycles. The summed E-state index contributed by atoms with van der Waals surface area (Å²) in [6.07, 6.45) is 1.68. The van der Waals surface area contributed by atoms with Crippen LogP contribution in [0.15, 0.2) is 58.9 Å². The third-order valence-electron chi connectivity index (χ3n) is 3.60. The SMILES string of the molecule is O=S(=O)(NCc1ccnc(-c2cccs2)c1)c1cccc2nsnc12. The lowest BCUT2D eigenvalue weighted by Gasteiger charge is -2.08. The molecular formula is C16H12N4O2S3. The number of sulfonamides is 1. The number of aromatic nitrogens is 3. The van der Waals surface area contributed by atoms with Gasteiger partial charge in [-0.05, 0) is 41.3 Å². The molecular weight excluding hydrogens is 376 g/mol. The first-order chi connectivity index (χ1) is 12.1. The molecule has 25 heavy (non-hydrogen) atoms. The number of hydrogen-bond acceptors (Lipinski definition) is 7. The van der Waals surface area contributed by atoms with Gasteiger partial charge in [0.2, 0.25) is 10.0 Å². The van der Waals surface area contributed by atoms with Gasteiger partial charge in [-0.3, -0.25) is 4.98 Å². The molecule has 0 atom stereocenters. The van der Waals surface area contributed by atoms with E-state index in [1.54, 1.807) is 35.7 Å². The fourth-order valence-corrected chi connectivity index (χ4v) is 4.87. The van der Waals surface area contributed by atoms with Crippen molar-refractivity contribution < 1.29 is 8.42 Å². The molecule has 3 heterocycles. The second-order valence-electron chi connectivity index (χ2n) is 5.24. The van der Waals surface area contributed by atoms with Crippen LogP contribution < -0.4 is 4.72 Å². The summed E-state index contributed by atoms with van der Waals surface area (Å²) in [5, 5.41) is 1.98. The van der Waals surface area contributed by atoms with Gasteiger partial charge in [0.05, 0.1) is 22.3 Å². The Morgan fingerprint density at radius 2 is 2.00 bits per heavy atom. The molecule has 0 fully saturated rings. The van der Waals surface area contributed by atoms with E-state index in [4.69, 9.17) is 0 Å². The largest absolute Gasteiger partial charge is 0.255 e. The number of hydrogen-bond donors (Lipinski definition) is 1. The van der Waals surface area contributed by atoms with Gasteiger partial charge in [-0.25, -0.2) is 13.1 Å². The molecule has 3 aromatic heterocycles. The van der Waals surface area contributed by atoms with Crippen molar-refractivity contribution in [3.63, 3.8) is 0 Å². The van der Waals surface area contributed by atoms with E-state index in [0.29, 0.717) is 11.0 Å². The Labute approximate surface area is 152 Å². The van der Waals surface area contributed by atoms with Crippen LogP contribution in [0.3, 0.4) is 0 Å². The summed E-state index contributed by atoms with van der Waals surface area (Å²) in [6, 6.07) is 12.6. The minimum Gasteiger partial charge on any atom is -0.255 e. The highest BCUT2D eigenvalue weighted by Crippen LogP contribution is 2.24. The highest BCUT2D eigenvalue weighted by molar-refractivity contribution is 7.89. The van der Waals surface area contributed by atoms with Crippen molar-refractivity contribution in [2.24, 2.45) is 0 Å². The number of thiophene rings is 1. The van der Waals surface area contributed by atoms with Gasteiger partial charge in [-0.2, -0.15) is 8.75 Å². The number of rotatable bonds is 5. The zero-order chi connectivity index (χ0) is 17.3. The fraction of sp³-hybridized carbons (Fsp3) is 0.0625. The van der Waals surface area contributed by atoms with E-state index < -0.39 is 10.0 Å². The summed E-state index contributed by atoms with van der Waals surface area (Å²) in [7, 11) is -3.69. The molecule has 0 aliphatic heterocycles. The summed E-state index contributed by atoms with van der Waals surface area (Å²) in [4.78, 5) is 5.52. The van der Waals surface area contributed by atoms with Gasteiger partial charge >= 0.3 is 0 Å². The van der Waals surface area contributed by atoms with Crippen molar-refractivity contribution in [2.45, 2.75) is 11.4 Å². The highest BCUT2D eigenvalue weighted by atomic mass is 32.2. The standard InChI is InChI=1S/C16H12N4O2S3/c21-25(22,15-5-1-3-12-16(15)20-24-19-12)18-10-11-6-7-17-13(9-11)14-4-2-8-23-14/h1-9,18H,10H2. The van der Waals surface area contributed by atoms with Crippen molar-refractivity contribution in [3.8, 4) is 10.6 Å². The van der Waals surface area contributed by atoms with Crippen LogP contribution in [0.2, 0.25) is 0 Å². The predicted molar refractivity (Wildman–Crippen MR) is 99.0 cm³/mol. The van der Waals surface area contributed by atoms with Crippen molar-refractivity contribution in [1.29, 1.82) is 0 Å². The monoisotopic (exact) mass is 388 g/mol. The molecule has 126 valence electrons. The molecule has 0 spiro atoms. The lowest BCUT2D eigenvalue weighted by Crippen LogP contribution is -2.23. The Kier molecular flexibility index (Phi) is 4.30. The van der Waals surface area contributed by atoms with Crippen molar-refractivity contribution in [1.82, 2.24) is 18.5 Å². The van der Waals surface area contributed by atoms with E-state index in [0.717, 1.165) is 27.9 Å². The van der Waals surface area contributed by atoms with Crippen LogP contribution in [0.4, 0.5) is 0 Å². The van der Waals surface area contributed by atoms with Crippen LogP contribution in [0.25, 0.3) is 21.6 Å². The normalized spacial score (nSPS) is 11.8. The van der Waals surface area contributed by atoms with E-state index in [1.165, 1.54) is 6.07 Å². The summed E-state index contributed by atoms with van der Waals surface area (Å²) >= 11 is 2.59. The van der Waals surface area contributed by atoms with Crippen molar-refractivity contribution in [2.75, 3.05) is 0 Å². The van der Waals surface area contributed by atoms with E-state index >= 15 is 0 Å². The van der Waals surface area contributed by atoms with Crippen LogP contribution in [-0.2, 0) is 16.6 Å². The number of nitrogens with zero attached hydrogens (tertiary/aromatic N) is 3. The Morgan fingerprint density at radius 3 is 2.84 bits per heavy atom. The average molecular weight is 388 g/mol. The summed E-state index contributed by atoms with van der Waals surface area (Å²) < 4.78 is 36.1. The first kappa shape index (κ1) is 16.3. The molecule has 4 rings (SSSR count). The van der Waals surface area contributed by atoms with Crippen LogP contribution in [0.1, 0.15) is 5.56 Å². The van der Waals surface area contributed by atoms with Crippen molar-refractivity contribution >= 4 is 44.1 Å². The molecule has 6 nitrogen and oxygen atoms in total. The molecule has 0 aliphatic rings. The maximum Gasteiger partial charge on any atom is 0.243 e. The van der Waals surface area contributed by atoms with Gasteiger partial charge in [0, 0.05) is 12.7 Å². The molecule has 0 amide bonds. The highest BCUT2D eigenvalue weighted by Gasteiger charge is 2.19. The minimum atomic E-state index is -3.69. The smallest absolute Gasteiger partial charge is 0.243 e. The maximum absolute atomic E-state index is 12.6. The first-order valence-corrected chi connectivity index (χ1v) is 10.4. The van der Waals surface area contributed by atoms with E-state index in [1.807, 2.05) is 23.6 Å². The molecule has 4 aromatic rings. The van der Waals surface area contributed by atoms with E-state index in [9.17, 15) is 8.42 Å². The zero-order valence-electron chi connectivity index (χ0n) is 12.8. The quantitative estimate of drug-likeness (QED) is 0.567. The zero-order valence-corrected chi connectivity index (χ0v) is 15.2. The molecule has 9 heteroatoms. The number of pyridine rings is 1. The number of nitrogens with one attached hydrogen (secondary N) is 1. The van der Waals surface area contributed by atoms with Crippen LogP contribution in [-0.4, -0.2) is 22.1 Å². The van der Waals surface area contributed by atoms with Gasteiger partial charge in [0.15, 0.2) is 0 Å². The first-order valence-electron chi connectivity index (χ1n) is 7.33. The summed E-state index contributed by atoms with van der Waals surface area (Å²) in [6.45, 7) is 0.178. The lowest BCUT2D eigenvalue weighted by molar-refractivity contribution is 0.582. The fourth-order valence-electron chi connectivity index (χ4n) is 2.40. The molecule has 0 radical (unpaired) electrons. The average Bonchev–Trinajstić information content (AvgIpc) is 3.31. The Hall–Kier alpha value is -2.20. The topological polar surface area (TPSA) is 84.8 Å². The van der Waals surface area contributed by atoms with E-state index in [-0.39, 0.29) is 11.4 Å². The van der Waals surface area contributed by atoms with Gasteiger partial charge in [0.25, 0.3) is 0 Å². The second kappa shape index (κ2) is 6.60. The van der Waals surface area contributed by atoms with Gasteiger partial charge in [-0.15, -0.1) is 11.3 Å². The number of fused-ring (bicyclic) bond motifs is 1. The molecule has 0 aliphatic carbocycles. The second-order valence-corrected chi connectivity index (χ2v) is 8.45. The van der Waals surface area contributed by atoms with Crippen LogP contribution >= 0.6 is 23.1 Å². The van der Waals surface area contributed by atoms with Gasteiger partial charge in [-0.1, -0.05) is 12.1 Å². The van der Waals surface area contributed by atoms with Gasteiger partial charge < -0.3 is 0 Å². The minimum absolute atomic E-state index is 0.145. The molecule has 0 saturated heterocycles. The molecule has 0 bridgehead atoms. The molecule has 1 N–H and O–H groups in total. The third-order valence-corrected chi connectivity index (χ3v) is 6.47. The lowest BCUT2D eigenvalue weighted by atomic mass is 10.2. The Bertz CT molecular complexity index is 1120. The van der Waals surface area contributed by atoms with E-state index in [2.05, 4.69) is 18.5 Å².